The van der Waals surface area contributed by atoms with Crippen molar-refractivity contribution in [3.8, 4) is 0 Å². The molecule has 2 unspecified atom stereocenters. The van der Waals surface area contributed by atoms with Crippen LogP contribution in [0.25, 0.3) is 0 Å². The molecule has 2 nitrogen and oxygen atoms in total. The van der Waals surface area contributed by atoms with E-state index in [-0.39, 0.29) is 12.5 Å². The Hall–Kier alpha value is -0.0151. The average Bonchev–Trinajstić information content (AvgIpc) is 1.88. The molecule has 11 heavy (non-hydrogen) atoms. The molecule has 2 radical (unpaired) electrons. The van der Waals surface area contributed by atoms with Crippen LogP contribution in [-0.2, 0) is 0 Å². The Morgan fingerprint density at radius 3 is 2.18 bits per heavy atom. The monoisotopic (exact) mass is 156 g/mol. The summed E-state index contributed by atoms with van der Waals surface area (Å²) >= 11 is 0. The Morgan fingerprint density at radius 2 is 1.91 bits per heavy atom. The molecule has 0 saturated heterocycles. The van der Waals surface area contributed by atoms with Gasteiger partial charge in [-0.15, -0.1) is 0 Å². The van der Waals surface area contributed by atoms with Crippen molar-refractivity contribution in [2.24, 2.45) is 11.8 Å². The maximum atomic E-state index is 9.44. The van der Waals surface area contributed by atoms with Crippen LogP contribution >= 0.6 is 0 Å². The molecule has 64 valence electrons. The van der Waals surface area contributed by atoms with Gasteiger partial charge < -0.3 is 10.2 Å². The van der Waals surface area contributed by atoms with E-state index in [9.17, 15) is 5.11 Å². The van der Waals surface area contributed by atoms with Crippen LogP contribution in [0.4, 0.5) is 0 Å². The zero-order chi connectivity index (χ0) is 8.85. The number of aliphatic hydroxyl groups excluding tert-OH is 2. The van der Waals surface area contributed by atoms with Crippen molar-refractivity contribution < 1.29 is 10.2 Å². The fourth-order valence-electron chi connectivity index (χ4n) is 1.16. The lowest BCUT2D eigenvalue weighted by Gasteiger charge is -2.23. The van der Waals surface area contributed by atoms with Gasteiger partial charge in [-0.2, -0.15) is 0 Å². The zero-order valence-electron chi connectivity index (χ0n) is 7.33. The molecule has 0 heterocycles. The molecule has 0 aliphatic carbocycles. The van der Waals surface area contributed by atoms with E-state index in [1.807, 2.05) is 13.8 Å². The first-order valence-corrected chi connectivity index (χ1v) is 4.12. The second-order valence-corrected chi connectivity index (χ2v) is 3.24. The summed E-state index contributed by atoms with van der Waals surface area (Å²) in [6.45, 7) is 4.01. The number of aliphatic hydroxyl groups is 2. The Balaban J connectivity index is 3.81. The molecule has 0 aromatic carbocycles. The van der Waals surface area contributed by atoms with Crippen LogP contribution in [0.3, 0.4) is 0 Å². The molecule has 0 rings (SSSR count). The molecule has 0 aromatic heterocycles. The highest BCUT2D eigenvalue weighted by atomic mass is 16.3. The van der Waals surface area contributed by atoms with E-state index in [0.29, 0.717) is 18.7 Å². The van der Waals surface area contributed by atoms with Gasteiger partial charge in [0.05, 0.1) is 14.0 Å². The first-order chi connectivity index (χ1) is 5.13. The van der Waals surface area contributed by atoms with Crippen molar-refractivity contribution in [2.75, 3.05) is 6.61 Å². The van der Waals surface area contributed by atoms with Gasteiger partial charge in [0.25, 0.3) is 0 Å². The molecular formula is C8H17BO2. The van der Waals surface area contributed by atoms with Gasteiger partial charge in [0.2, 0.25) is 0 Å². The normalized spacial score (nSPS) is 16.8. The molecule has 2 N–H and O–H groups in total. The second kappa shape index (κ2) is 5.61. The summed E-state index contributed by atoms with van der Waals surface area (Å²) in [6.07, 6.45) is 0.596. The molecular weight excluding hydrogens is 139 g/mol. The van der Waals surface area contributed by atoms with Crippen molar-refractivity contribution in [3.63, 3.8) is 0 Å². The SMILES string of the molecule is [B]CCC(O)C(CO)C(C)C. The molecule has 0 aliphatic rings. The highest BCUT2D eigenvalue weighted by Crippen LogP contribution is 2.17. The average molecular weight is 156 g/mol. The van der Waals surface area contributed by atoms with Crippen LogP contribution in [-0.4, -0.2) is 30.8 Å². The van der Waals surface area contributed by atoms with Crippen molar-refractivity contribution >= 4 is 7.85 Å². The molecule has 3 heteroatoms. The summed E-state index contributed by atoms with van der Waals surface area (Å²) in [5, 5.41) is 18.3. The summed E-state index contributed by atoms with van der Waals surface area (Å²) in [7, 11) is 5.28. The van der Waals surface area contributed by atoms with Crippen molar-refractivity contribution in [3.05, 3.63) is 0 Å². The van der Waals surface area contributed by atoms with Crippen LogP contribution in [0.15, 0.2) is 0 Å². The Bertz CT molecular complexity index is 96.1. The number of rotatable bonds is 5. The smallest absolute Gasteiger partial charge is 0.0654 e. The molecule has 2 atom stereocenters. The summed E-state index contributed by atoms with van der Waals surface area (Å²) in [5.74, 6) is 0.278. The Morgan fingerprint density at radius 1 is 1.36 bits per heavy atom. The quantitative estimate of drug-likeness (QED) is 0.572. The topological polar surface area (TPSA) is 40.5 Å². The maximum Gasteiger partial charge on any atom is 0.0654 e. The third-order valence-corrected chi connectivity index (χ3v) is 2.02. The fraction of sp³-hybridized carbons (Fsp3) is 1.00. The van der Waals surface area contributed by atoms with Gasteiger partial charge in [-0.05, 0) is 12.3 Å². The fourth-order valence-corrected chi connectivity index (χ4v) is 1.16. The lowest BCUT2D eigenvalue weighted by atomic mass is 9.86. The van der Waals surface area contributed by atoms with E-state index < -0.39 is 6.10 Å². The second-order valence-electron chi connectivity index (χ2n) is 3.24. The molecule has 0 aromatic rings. The van der Waals surface area contributed by atoms with Gasteiger partial charge in [0.15, 0.2) is 0 Å². The van der Waals surface area contributed by atoms with Gasteiger partial charge in [0.1, 0.15) is 0 Å². The third-order valence-electron chi connectivity index (χ3n) is 2.02. The van der Waals surface area contributed by atoms with Crippen LogP contribution in [0, 0.1) is 11.8 Å². The number of hydrogen-bond acceptors (Lipinski definition) is 2. The summed E-state index contributed by atoms with van der Waals surface area (Å²) in [5.41, 5.74) is 0. The summed E-state index contributed by atoms with van der Waals surface area (Å²) in [4.78, 5) is 0. The highest BCUT2D eigenvalue weighted by molar-refractivity contribution is 6.08. The number of hydrogen-bond donors (Lipinski definition) is 2. The predicted octanol–water partition coefficient (Wildman–Crippen LogP) is 0.589. The van der Waals surface area contributed by atoms with Crippen LogP contribution in [0.2, 0.25) is 6.32 Å². The van der Waals surface area contributed by atoms with E-state index >= 15 is 0 Å². The van der Waals surface area contributed by atoms with E-state index in [2.05, 4.69) is 0 Å². The van der Waals surface area contributed by atoms with E-state index in [1.54, 1.807) is 0 Å². The van der Waals surface area contributed by atoms with Crippen LogP contribution < -0.4 is 0 Å². The molecule has 0 amide bonds. The Labute approximate surface area is 70.0 Å². The minimum atomic E-state index is -0.454. The van der Waals surface area contributed by atoms with Crippen LogP contribution in [0.1, 0.15) is 20.3 Å². The molecule has 0 saturated carbocycles. The van der Waals surface area contributed by atoms with Gasteiger partial charge in [0, 0.05) is 12.5 Å². The van der Waals surface area contributed by atoms with Crippen LogP contribution in [0.5, 0.6) is 0 Å². The van der Waals surface area contributed by atoms with E-state index in [0.717, 1.165) is 0 Å². The first-order valence-electron chi connectivity index (χ1n) is 4.12. The molecule has 0 spiro atoms. The molecule has 0 aliphatic heterocycles. The van der Waals surface area contributed by atoms with Gasteiger partial charge in [-0.1, -0.05) is 20.2 Å². The van der Waals surface area contributed by atoms with Crippen molar-refractivity contribution in [1.29, 1.82) is 0 Å². The standard InChI is InChI=1S/C8H17BO2/c1-6(2)7(5-10)8(11)3-4-9/h6-8,10-11H,3-5H2,1-2H3. The first kappa shape index (κ1) is 11.0. The Kier molecular flexibility index (Phi) is 5.60. The summed E-state index contributed by atoms with van der Waals surface area (Å²) in [6, 6.07) is 0. The molecule has 0 fully saturated rings. The van der Waals surface area contributed by atoms with Gasteiger partial charge in [-0.25, -0.2) is 0 Å². The zero-order valence-corrected chi connectivity index (χ0v) is 7.33. The minimum Gasteiger partial charge on any atom is -0.396 e. The van der Waals surface area contributed by atoms with Gasteiger partial charge >= 0.3 is 0 Å². The lowest BCUT2D eigenvalue weighted by molar-refractivity contribution is 0.0395. The minimum absolute atomic E-state index is 0.0291. The van der Waals surface area contributed by atoms with Crippen molar-refractivity contribution in [1.82, 2.24) is 0 Å². The molecule has 0 bridgehead atoms. The van der Waals surface area contributed by atoms with E-state index in [1.165, 1.54) is 0 Å². The maximum absolute atomic E-state index is 9.44. The summed E-state index contributed by atoms with van der Waals surface area (Å²) < 4.78 is 0. The largest absolute Gasteiger partial charge is 0.396 e. The third kappa shape index (κ3) is 3.78. The van der Waals surface area contributed by atoms with Gasteiger partial charge in [-0.3, -0.25) is 0 Å². The van der Waals surface area contributed by atoms with Crippen molar-refractivity contribution in [2.45, 2.75) is 32.7 Å². The van der Waals surface area contributed by atoms with E-state index in [4.69, 9.17) is 13.0 Å². The predicted molar refractivity (Wildman–Crippen MR) is 46.6 cm³/mol. The highest BCUT2D eigenvalue weighted by Gasteiger charge is 2.20. The lowest BCUT2D eigenvalue weighted by Crippen LogP contribution is -2.28.